The van der Waals surface area contributed by atoms with Gasteiger partial charge in [0, 0.05) is 19.2 Å². The molecule has 1 unspecified atom stereocenters. The molecule has 2 aromatic heterocycles. The fraction of sp³-hybridized carbons (Fsp3) is 0.417. The fourth-order valence-corrected chi connectivity index (χ4v) is 2.16. The molecule has 0 aliphatic carbocycles. The normalized spacial score (nSPS) is 19.9. The van der Waals surface area contributed by atoms with E-state index in [0.717, 1.165) is 38.0 Å². The first-order valence-corrected chi connectivity index (χ1v) is 5.78. The molecule has 1 saturated heterocycles. The molecular formula is C12H13N3O2. The van der Waals surface area contributed by atoms with Gasteiger partial charge in [0.25, 0.3) is 0 Å². The highest BCUT2D eigenvalue weighted by Gasteiger charge is 2.18. The lowest BCUT2D eigenvalue weighted by atomic mass is 10.2. The van der Waals surface area contributed by atoms with Crippen molar-refractivity contribution in [1.82, 2.24) is 14.6 Å². The second kappa shape index (κ2) is 4.25. The zero-order chi connectivity index (χ0) is 11.7. The lowest BCUT2D eigenvalue weighted by Gasteiger charge is -2.04. The zero-order valence-electron chi connectivity index (χ0n) is 9.37. The molecule has 0 radical (unpaired) electrons. The van der Waals surface area contributed by atoms with Crippen LogP contribution in [0.2, 0.25) is 0 Å². The molecule has 5 heteroatoms. The Labute approximate surface area is 98.4 Å². The van der Waals surface area contributed by atoms with E-state index < -0.39 is 0 Å². The molecule has 0 N–H and O–H groups in total. The van der Waals surface area contributed by atoms with Crippen molar-refractivity contribution in [3.63, 3.8) is 0 Å². The quantitative estimate of drug-likeness (QED) is 0.746. The zero-order valence-corrected chi connectivity index (χ0v) is 9.37. The van der Waals surface area contributed by atoms with Gasteiger partial charge in [-0.05, 0) is 25.0 Å². The number of nitrogens with zero attached hydrogens (tertiary/aromatic N) is 3. The molecule has 0 spiro atoms. The molecule has 0 aromatic carbocycles. The average Bonchev–Trinajstić information content (AvgIpc) is 2.97. The van der Waals surface area contributed by atoms with Gasteiger partial charge in [0.15, 0.2) is 17.8 Å². The maximum Gasteiger partial charge on any atom is 0.166 e. The van der Waals surface area contributed by atoms with Crippen LogP contribution >= 0.6 is 0 Å². The number of hydrogen-bond acceptors (Lipinski definition) is 4. The third-order valence-corrected chi connectivity index (χ3v) is 3.00. The van der Waals surface area contributed by atoms with Gasteiger partial charge in [-0.15, -0.1) is 0 Å². The van der Waals surface area contributed by atoms with E-state index in [0.29, 0.717) is 11.2 Å². The lowest BCUT2D eigenvalue weighted by molar-refractivity contribution is 0.110. The molecule has 88 valence electrons. The summed E-state index contributed by atoms with van der Waals surface area (Å²) in [6, 6.07) is 3.54. The molecule has 1 aliphatic rings. The van der Waals surface area contributed by atoms with Crippen LogP contribution in [0.1, 0.15) is 29.0 Å². The van der Waals surface area contributed by atoms with Crippen LogP contribution in [-0.2, 0) is 11.2 Å². The van der Waals surface area contributed by atoms with E-state index in [2.05, 4.69) is 10.1 Å². The summed E-state index contributed by atoms with van der Waals surface area (Å²) in [5.41, 5.74) is 1.19. The lowest BCUT2D eigenvalue weighted by Crippen LogP contribution is -2.10. The monoisotopic (exact) mass is 231 g/mol. The van der Waals surface area contributed by atoms with E-state index >= 15 is 0 Å². The van der Waals surface area contributed by atoms with Crippen molar-refractivity contribution >= 4 is 11.9 Å². The second-order valence-electron chi connectivity index (χ2n) is 4.22. The Morgan fingerprint density at radius 3 is 3.29 bits per heavy atom. The second-order valence-corrected chi connectivity index (χ2v) is 4.22. The SMILES string of the molecule is O=Cc1cccn2nc(CC3CCCO3)nc12. The minimum atomic E-state index is 0.229. The number of ether oxygens (including phenoxy) is 1. The van der Waals surface area contributed by atoms with Crippen molar-refractivity contribution in [3.8, 4) is 0 Å². The standard InChI is InChI=1S/C12H13N3O2/c16-8-9-3-1-5-15-12(9)13-11(14-15)7-10-4-2-6-17-10/h1,3,5,8,10H,2,4,6-7H2. The Morgan fingerprint density at radius 2 is 2.53 bits per heavy atom. The minimum Gasteiger partial charge on any atom is -0.378 e. The van der Waals surface area contributed by atoms with Crippen molar-refractivity contribution in [2.45, 2.75) is 25.4 Å². The number of carbonyl (C=O) groups excluding carboxylic acids is 1. The molecule has 0 saturated carbocycles. The van der Waals surface area contributed by atoms with Crippen molar-refractivity contribution in [1.29, 1.82) is 0 Å². The number of hydrogen-bond donors (Lipinski definition) is 0. The van der Waals surface area contributed by atoms with Gasteiger partial charge in [-0.1, -0.05) is 0 Å². The van der Waals surface area contributed by atoms with Gasteiger partial charge in [0.05, 0.1) is 11.7 Å². The molecule has 3 heterocycles. The molecule has 3 rings (SSSR count). The minimum absolute atomic E-state index is 0.229. The van der Waals surface area contributed by atoms with Gasteiger partial charge >= 0.3 is 0 Å². The summed E-state index contributed by atoms with van der Waals surface area (Å²) >= 11 is 0. The fourth-order valence-electron chi connectivity index (χ4n) is 2.16. The summed E-state index contributed by atoms with van der Waals surface area (Å²) in [4.78, 5) is 15.3. The first-order valence-electron chi connectivity index (χ1n) is 5.78. The summed E-state index contributed by atoms with van der Waals surface area (Å²) in [5, 5.41) is 4.35. The highest BCUT2D eigenvalue weighted by atomic mass is 16.5. The number of aromatic nitrogens is 3. The third kappa shape index (κ3) is 1.93. The van der Waals surface area contributed by atoms with Crippen molar-refractivity contribution in [2.75, 3.05) is 6.61 Å². The summed E-state index contributed by atoms with van der Waals surface area (Å²) < 4.78 is 7.20. The van der Waals surface area contributed by atoms with Gasteiger partial charge in [-0.3, -0.25) is 4.79 Å². The number of fused-ring (bicyclic) bond motifs is 1. The Morgan fingerprint density at radius 1 is 1.59 bits per heavy atom. The Hall–Kier alpha value is -1.75. The van der Waals surface area contributed by atoms with Crippen LogP contribution in [0.15, 0.2) is 18.3 Å². The topological polar surface area (TPSA) is 56.5 Å². The highest BCUT2D eigenvalue weighted by Crippen LogP contribution is 2.16. The van der Waals surface area contributed by atoms with E-state index in [1.54, 1.807) is 22.8 Å². The summed E-state index contributed by atoms with van der Waals surface area (Å²) in [6.07, 6.45) is 5.73. The van der Waals surface area contributed by atoms with E-state index in [1.165, 1.54) is 0 Å². The predicted octanol–water partition coefficient (Wildman–Crippen LogP) is 1.26. The van der Waals surface area contributed by atoms with Crippen LogP contribution < -0.4 is 0 Å². The van der Waals surface area contributed by atoms with E-state index in [-0.39, 0.29) is 6.10 Å². The van der Waals surface area contributed by atoms with Crippen LogP contribution in [0.3, 0.4) is 0 Å². The summed E-state index contributed by atoms with van der Waals surface area (Å²) in [6.45, 7) is 0.831. The van der Waals surface area contributed by atoms with Crippen molar-refractivity contribution < 1.29 is 9.53 Å². The van der Waals surface area contributed by atoms with Gasteiger partial charge in [-0.25, -0.2) is 9.50 Å². The number of carbonyl (C=O) groups is 1. The summed E-state index contributed by atoms with van der Waals surface area (Å²) in [7, 11) is 0. The largest absolute Gasteiger partial charge is 0.378 e. The molecule has 1 aliphatic heterocycles. The summed E-state index contributed by atoms with van der Waals surface area (Å²) in [5.74, 6) is 0.742. The Kier molecular flexibility index (Phi) is 2.60. The van der Waals surface area contributed by atoms with Gasteiger partial charge in [-0.2, -0.15) is 5.10 Å². The molecule has 1 fully saturated rings. The van der Waals surface area contributed by atoms with Gasteiger partial charge in [0.1, 0.15) is 0 Å². The van der Waals surface area contributed by atoms with Gasteiger partial charge in [0.2, 0.25) is 0 Å². The van der Waals surface area contributed by atoms with Crippen LogP contribution in [0, 0.1) is 0 Å². The molecule has 2 aromatic rings. The highest BCUT2D eigenvalue weighted by molar-refractivity contribution is 5.83. The number of rotatable bonds is 3. The first-order chi connectivity index (χ1) is 8.36. The maximum atomic E-state index is 10.9. The molecule has 0 bridgehead atoms. The van der Waals surface area contributed by atoms with E-state index in [4.69, 9.17) is 4.74 Å². The molecule has 5 nitrogen and oxygen atoms in total. The van der Waals surface area contributed by atoms with Crippen LogP contribution in [0.25, 0.3) is 5.65 Å². The Balaban J connectivity index is 1.92. The number of aldehydes is 1. The first kappa shape index (κ1) is 10.4. The van der Waals surface area contributed by atoms with Crippen LogP contribution in [-0.4, -0.2) is 33.6 Å². The van der Waals surface area contributed by atoms with Crippen molar-refractivity contribution in [3.05, 3.63) is 29.7 Å². The van der Waals surface area contributed by atoms with E-state index in [1.807, 2.05) is 0 Å². The smallest absolute Gasteiger partial charge is 0.166 e. The number of pyridine rings is 1. The van der Waals surface area contributed by atoms with Crippen molar-refractivity contribution in [2.24, 2.45) is 0 Å². The van der Waals surface area contributed by atoms with Crippen LogP contribution in [0.4, 0.5) is 0 Å². The predicted molar refractivity (Wildman–Crippen MR) is 61.1 cm³/mol. The third-order valence-electron chi connectivity index (χ3n) is 3.00. The molecule has 0 amide bonds. The maximum absolute atomic E-state index is 10.9. The van der Waals surface area contributed by atoms with E-state index in [9.17, 15) is 4.79 Å². The average molecular weight is 231 g/mol. The van der Waals surface area contributed by atoms with Crippen LogP contribution in [0.5, 0.6) is 0 Å². The Bertz CT molecular complexity index is 544. The molecular weight excluding hydrogens is 218 g/mol. The molecule has 1 atom stereocenters. The van der Waals surface area contributed by atoms with Gasteiger partial charge < -0.3 is 4.74 Å². The molecule has 17 heavy (non-hydrogen) atoms.